The smallest absolute Gasteiger partial charge is 0.140 e. The summed E-state index contributed by atoms with van der Waals surface area (Å²) in [6.07, 6.45) is 0.969. The summed E-state index contributed by atoms with van der Waals surface area (Å²) in [5.41, 5.74) is 2.52. The molecule has 1 N–H and O–H groups in total. The van der Waals surface area contributed by atoms with E-state index in [9.17, 15) is 0 Å². The SMILES string of the molecule is CCc1nc(COc2ccc(C(C)C)cc2)sc1CNC. The van der Waals surface area contributed by atoms with E-state index in [1.165, 1.54) is 16.1 Å². The largest absolute Gasteiger partial charge is 0.486 e. The van der Waals surface area contributed by atoms with Crippen molar-refractivity contribution in [2.24, 2.45) is 0 Å². The van der Waals surface area contributed by atoms with Gasteiger partial charge in [-0.3, -0.25) is 0 Å². The van der Waals surface area contributed by atoms with Gasteiger partial charge in [0.2, 0.25) is 0 Å². The molecule has 0 unspecified atom stereocenters. The maximum Gasteiger partial charge on any atom is 0.140 e. The van der Waals surface area contributed by atoms with Crippen molar-refractivity contribution in [1.29, 1.82) is 0 Å². The third kappa shape index (κ3) is 4.29. The molecule has 0 aliphatic heterocycles. The predicted octanol–water partition coefficient (Wildman–Crippen LogP) is 4.13. The van der Waals surface area contributed by atoms with Gasteiger partial charge in [0.05, 0.1) is 5.69 Å². The Morgan fingerprint density at radius 1 is 1.24 bits per heavy atom. The number of aryl methyl sites for hydroxylation is 1. The van der Waals surface area contributed by atoms with E-state index in [0.29, 0.717) is 12.5 Å². The predicted molar refractivity (Wildman–Crippen MR) is 89.1 cm³/mol. The van der Waals surface area contributed by atoms with Crippen LogP contribution in [0, 0.1) is 0 Å². The first-order valence-corrected chi connectivity index (χ1v) is 8.30. The van der Waals surface area contributed by atoms with Crippen LogP contribution in [0.3, 0.4) is 0 Å². The van der Waals surface area contributed by atoms with Crippen molar-refractivity contribution in [2.45, 2.75) is 46.3 Å². The molecule has 4 heteroatoms. The van der Waals surface area contributed by atoms with E-state index in [2.05, 4.69) is 43.2 Å². The highest BCUT2D eigenvalue weighted by Gasteiger charge is 2.09. The second-order valence-electron chi connectivity index (χ2n) is 5.37. The topological polar surface area (TPSA) is 34.1 Å². The minimum atomic E-state index is 0.544. The zero-order valence-corrected chi connectivity index (χ0v) is 14.1. The summed E-state index contributed by atoms with van der Waals surface area (Å²) >= 11 is 1.74. The molecule has 3 nitrogen and oxygen atoms in total. The van der Waals surface area contributed by atoms with Gasteiger partial charge in [0.15, 0.2) is 0 Å². The molecule has 0 aliphatic rings. The number of nitrogens with one attached hydrogen (secondary N) is 1. The first-order valence-electron chi connectivity index (χ1n) is 7.48. The van der Waals surface area contributed by atoms with Gasteiger partial charge < -0.3 is 10.1 Å². The molecule has 0 radical (unpaired) electrons. The molecule has 2 aromatic rings. The van der Waals surface area contributed by atoms with Crippen molar-refractivity contribution in [2.75, 3.05) is 7.05 Å². The Kier molecular flexibility index (Phi) is 5.76. The highest BCUT2D eigenvalue weighted by Crippen LogP contribution is 2.22. The van der Waals surface area contributed by atoms with Crippen molar-refractivity contribution < 1.29 is 4.74 Å². The first-order chi connectivity index (χ1) is 10.1. The molecule has 2 rings (SSSR count). The number of ether oxygens (including phenoxy) is 1. The summed E-state index contributed by atoms with van der Waals surface area (Å²) in [4.78, 5) is 5.98. The molecule has 0 fully saturated rings. The van der Waals surface area contributed by atoms with Crippen LogP contribution in [0.4, 0.5) is 0 Å². The number of nitrogens with zero attached hydrogens (tertiary/aromatic N) is 1. The molecule has 0 bridgehead atoms. The van der Waals surface area contributed by atoms with Gasteiger partial charge in [-0.1, -0.05) is 32.9 Å². The molecule has 0 amide bonds. The van der Waals surface area contributed by atoms with E-state index in [-0.39, 0.29) is 0 Å². The van der Waals surface area contributed by atoms with Gasteiger partial charge in [0, 0.05) is 11.4 Å². The summed E-state index contributed by atoms with van der Waals surface area (Å²) in [5.74, 6) is 1.46. The summed E-state index contributed by atoms with van der Waals surface area (Å²) in [7, 11) is 1.96. The highest BCUT2D eigenvalue weighted by atomic mass is 32.1. The molecule has 0 saturated heterocycles. The normalized spacial score (nSPS) is 11.1. The summed E-state index contributed by atoms with van der Waals surface area (Å²) in [5, 5.41) is 4.24. The van der Waals surface area contributed by atoms with Crippen LogP contribution in [0.25, 0.3) is 0 Å². The molecule has 1 aromatic heterocycles. The van der Waals surface area contributed by atoms with Crippen LogP contribution in [0.5, 0.6) is 5.75 Å². The molecule has 1 aromatic carbocycles. The molecular formula is C17H24N2OS. The van der Waals surface area contributed by atoms with Gasteiger partial charge in [-0.15, -0.1) is 11.3 Å². The lowest BCUT2D eigenvalue weighted by atomic mass is 10.0. The van der Waals surface area contributed by atoms with Crippen LogP contribution in [0.15, 0.2) is 24.3 Å². The Bertz CT molecular complexity index is 561. The van der Waals surface area contributed by atoms with Crippen LogP contribution in [0.2, 0.25) is 0 Å². The van der Waals surface area contributed by atoms with Crippen molar-refractivity contribution in [3.63, 3.8) is 0 Å². The van der Waals surface area contributed by atoms with Crippen LogP contribution >= 0.6 is 11.3 Å². The maximum atomic E-state index is 5.85. The minimum absolute atomic E-state index is 0.544. The molecular weight excluding hydrogens is 280 g/mol. The maximum absolute atomic E-state index is 5.85. The van der Waals surface area contributed by atoms with Gasteiger partial charge >= 0.3 is 0 Å². The fourth-order valence-corrected chi connectivity index (χ4v) is 3.25. The van der Waals surface area contributed by atoms with E-state index in [0.717, 1.165) is 23.7 Å². The third-order valence-corrected chi connectivity index (χ3v) is 4.47. The van der Waals surface area contributed by atoms with Gasteiger partial charge in [0.1, 0.15) is 17.4 Å². The fourth-order valence-electron chi connectivity index (χ4n) is 2.17. The van der Waals surface area contributed by atoms with Gasteiger partial charge in [-0.25, -0.2) is 4.98 Å². The van der Waals surface area contributed by atoms with Crippen molar-refractivity contribution >= 4 is 11.3 Å². The van der Waals surface area contributed by atoms with E-state index in [1.54, 1.807) is 11.3 Å². The first kappa shape index (κ1) is 16.0. The average Bonchev–Trinajstić information content (AvgIpc) is 2.88. The number of thiazole rings is 1. The molecule has 21 heavy (non-hydrogen) atoms. The second-order valence-corrected chi connectivity index (χ2v) is 6.54. The molecule has 0 spiro atoms. The summed E-state index contributed by atoms with van der Waals surface area (Å²) < 4.78 is 5.85. The Morgan fingerprint density at radius 3 is 2.52 bits per heavy atom. The second kappa shape index (κ2) is 7.57. The van der Waals surface area contributed by atoms with E-state index < -0.39 is 0 Å². The number of hydrogen-bond acceptors (Lipinski definition) is 4. The van der Waals surface area contributed by atoms with E-state index in [4.69, 9.17) is 4.74 Å². The molecule has 1 heterocycles. The number of rotatable bonds is 7. The highest BCUT2D eigenvalue weighted by molar-refractivity contribution is 7.11. The minimum Gasteiger partial charge on any atom is -0.486 e. The summed E-state index contributed by atoms with van der Waals surface area (Å²) in [6.45, 7) is 7.96. The fraction of sp³-hybridized carbons (Fsp3) is 0.471. The number of aromatic nitrogens is 1. The molecule has 0 saturated carbocycles. The van der Waals surface area contributed by atoms with Crippen LogP contribution in [-0.2, 0) is 19.6 Å². The van der Waals surface area contributed by atoms with Crippen molar-refractivity contribution in [1.82, 2.24) is 10.3 Å². The zero-order chi connectivity index (χ0) is 15.2. The van der Waals surface area contributed by atoms with Gasteiger partial charge in [0.25, 0.3) is 0 Å². The van der Waals surface area contributed by atoms with Crippen LogP contribution in [-0.4, -0.2) is 12.0 Å². The molecule has 0 aliphatic carbocycles. The summed E-state index contributed by atoms with van der Waals surface area (Å²) in [6, 6.07) is 8.34. The standard InChI is InChI=1S/C17H24N2OS/c1-5-15-16(10-18-4)21-17(19-15)11-20-14-8-6-13(7-9-14)12(2)3/h6-9,12,18H,5,10-11H2,1-4H3. The van der Waals surface area contributed by atoms with Crippen molar-refractivity contribution in [3.05, 3.63) is 45.4 Å². The van der Waals surface area contributed by atoms with Crippen LogP contribution in [0.1, 0.15) is 47.8 Å². The Labute approximate surface area is 131 Å². The third-order valence-electron chi connectivity index (χ3n) is 3.40. The van der Waals surface area contributed by atoms with E-state index >= 15 is 0 Å². The lowest BCUT2D eigenvalue weighted by molar-refractivity contribution is 0.305. The average molecular weight is 304 g/mol. The lowest BCUT2D eigenvalue weighted by Gasteiger charge is -2.07. The van der Waals surface area contributed by atoms with Gasteiger partial charge in [-0.2, -0.15) is 0 Å². The molecule has 114 valence electrons. The number of hydrogen-bond donors (Lipinski definition) is 1. The lowest BCUT2D eigenvalue weighted by Crippen LogP contribution is -2.05. The monoisotopic (exact) mass is 304 g/mol. The quantitative estimate of drug-likeness (QED) is 0.835. The zero-order valence-electron chi connectivity index (χ0n) is 13.3. The Balaban J connectivity index is 1.99. The Morgan fingerprint density at radius 2 is 1.95 bits per heavy atom. The molecule has 0 atom stereocenters. The van der Waals surface area contributed by atoms with Crippen molar-refractivity contribution in [3.8, 4) is 5.75 Å². The van der Waals surface area contributed by atoms with E-state index in [1.807, 2.05) is 19.2 Å². The van der Waals surface area contributed by atoms with Crippen LogP contribution < -0.4 is 10.1 Å². The Hall–Kier alpha value is -1.39. The number of benzene rings is 1. The van der Waals surface area contributed by atoms with Gasteiger partial charge in [-0.05, 0) is 37.1 Å².